The van der Waals surface area contributed by atoms with Crippen LogP contribution in [0.5, 0.6) is 0 Å². The van der Waals surface area contributed by atoms with Crippen LogP contribution in [0.3, 0.4) is 0 Å². The summed E-state index contributed by atoms with van der Waals surface area (Å²) in [5.41, 5.74) is 0. The van der Waals surface area contributed by atoms with E-state index in [1.54, 1.807) is 0 Å². The molecule has 2 heteroatoms. The van der Waals surface area contributed by atoms with Gasteiger partial charge in [0.2, 0.25) is 0 Å². The van der Waals surface area contributed by atoms with Gasteiger partial charge in [0.25, 0.3) is 0 Å². The van der Waals surface area contributed by atoms with Gasteiger partial charge in [-0.3, -0.25) is 7.05 Å². The van der Waals surface area contributed by atoms with Crippen molar-refractivity contribution in [1.82, 2.24) is 4.90 Å². The van der Waals surface area contributed by atoms with Crippen LogP contribution in [-0.2, 0) is 32.7 Å². The first-order valence-electron chi connectivity index (χ1n) is 3.95. The molecule has 1 heterocycles. The molecule has 0 unspecified atom stereocenters. The maximum absolute atomic E-state index is 3.83. The molecule has 0 N–H and O–H groups in total. The van der Waals surface area contributed by atoms with Gasteiger partial charge in [-0.1, -0.05) is 20.3 Å². The summed E-state index contributed by atoms with van der Waals surface area (Å²) in [5.74, 6) is 0. The number of piperidine rings is 1. The molecule has 0 aromatic heterocycles. The van der Waals surface area contributed by atoms with Crippen LogP contribution in [0.2, 0.25) is 0 Å². The van der Waals surface area contributed by atoms with Crippen LogP contribution in [0.25, 0.3) is 0 Å². The molecular formula is C8H18NY-. The Bertz CT molecular complexity index is 51.2. The van der Waals surface area contributed by atoms with E-state index in [4.69, 9.17) is 0 Å². The van der Waals surface area contributed by atoms with Crippen LogP contribution < -0.4 is 0 Å². The summed E-state index contributed by atoms with van der Waals surface area (Å²) in [4.78, 5) is 2.14. The summed E-state index contributed by atoms with van der Waals surface area (Å²) >= 11 is 0. The Morgan fingerprint density at radius 1 is 1.00 bits per heavy atom. The summed E-state index contributed by atoms with van der Waals surface area (Å²) in [6.45, 7) is 6.42. The number of likely N-dealkylation sites (tertiary alicyclic amines) is 1. The number of rotatable bonds is 0. The van der Waals surface area contributed by atoms with E-state index in [1.165, 1.54) is 32.4 Å². The van der Waals surface area contributed by atoms with Crippen molar-refractivity contribution in [2.45, 2.75) is 33.1 Å². The predicted octanol–water partition coefficient (Wildman–Crippen LogP) is 2.29. The van der Waals surface area contributed by atoms with Gasteiger partial charge in [0.15, 0.2) is 0 Å². The molecule has 59 valence electrons. The summed E-state index contributed by atoms with van der Waals surface area (Å²) < 4.78 is 0. The molecule has 1 fully saturated rings. The van der Waals surface area contributed by atoms with Crippen LogP contribution in [0.1, 0.15) is 33.1 Å². The van der Waals surface area contributed by atoms with Gasteiger partial charge in [-0.05, 0) is 25.9 Å². The average Bonchev–Trinajstić information content (AvgIpc) is 1.94. The molecule has 0 amide bonds. The molecule has 1 aliphatic rings. The van der Waals surface area contributed by atoms with Crippen molar-refractivity contribution in [2.75, 3.05) is 13.1 Å². The Morgan fingerprint density at radius 3 is 1.60 bits per heavy atom. The van der Waals surface area contributed by atoms with Gasteiger partial charge in [-0.25, -0.2) is 0 Å². The van der Waals surface area contributed by atoms with Gasteiger partial charge >= 0.3 is 0 Å². The Hall–Kier alpha value is 1.06. The normalized spacial score (nSPS) is 18.3. The Morgan fingerprint density at radius 2 is 1.40 bits per heavy atom. The summed E-state index contributed by atoms with van der Waals surface area (Å²) in [5, 5.41) is 0. The Kier molecular flexibility index (Phi) is 13.7. The molecular weight excluding hydrogens is 199 g/mol. The number of nitrogens with zero attached hydrogens (tertiary/aromatic N) is 1. The van der Waals surface area contributed by atoms with Crippen molar-refractivity contribution in [2.24, 2.45) is 0 Å². The zero-order chi connectivity index (χ0) is 7.11. The van der Waals surface area contributed by atoms with E-state index in [2.05, 4.69) is 11.9 Å². The zero-order valence-electron chi connectivity index (χ0n) is 7.27. The maximum Gasteiger partial charge on any atom is 0 e. The minimum Gasteiger partial charge on any atom is -0.459 e. The second kappa shape index (κ2) is 10.1. The van der Waals surface area contributed by atoms with E-state index in [-0.39, 0.29) is 32.7 Å². The molecule has 0 saturated carbocycles. The van der Waals surface area contributed by atoms with Gasteiger partial charge in [0, 0.05) is 32.7 Å². The zero-order valence-corrected chi connectivity index (χ0v) is 10.1. The van der Waals surface area contributed by atoms with Crippen molar-refractivity contribution in [3.63, 3.8) is 0 Å². The van der Waals surface area contributed by atoms with Crippen molar-refractivity contribution in [3.05, 3.63) is 7.05 Å². The third-order valence-corrected chi connectivity index (χ3v) is 1.45. The quantitative estimate of drug-likeness (QED) is 0.563. The molecule has 0 aromatic carbocycles. The molecule has 0 bridgehead atoms. The molecule has 1 rings (SSSR count). The van der Waals surface area contributed by atoms with E-state index < -0.39 is 0 Å². The smallest absolute Gasteiger partial charge is 0 e. The minimum absolute atomic E-state index is 0. The number of hydrogen-bond donors (Lipinski definition) is 0. The van der Waals surface area contributed by atoms with E-state index >= 15 is 0 Å². The van der Waals surface area contributed by atoms with Gasteiger partial charge in [0.05, 0.1) is 0 Å². The van der Waals surface area contributed by atoms with Gasteiger partial charge in [-0.2, -0.15) is 0 Å². The Labute approximate surface area is 90.4 Å². The van der Waals surface area contributed by atoms with Crippen molar-refractivity contribution in [3.8, 4) is 0 Å². The molecule has 0 aliphatic carbocycles. The van der Waals surface area contributed by atoms with Crippen LogP contribution in [-0.4, -0.2) is 18.0 Å². The first kappa shape index (κ1) is 13.6. The molecule has 1 aliphatic heterocycles. The summed E-state index contributed by atoms with van der Waals surface area (Å²) in [7, 11) is 3.83. The molecule has 1 saturated heterocycles. The van der Waals surface area contributed by atoms with Crippen molar-refractivity contribution < 1.29 is 32.7 Å². The SMILES string of the molecule is CC.[CH2-]N1CCCCC1.[Y]. The third kappa shape index (κ3) is 7.17. The molecule has 0 atom stereocenters. The van der Waals surface area contributed by atoms with Crippen molar-refractivity contribution >= 4 is 0 Å². The second-order valence-electron chi connectivity index (χ2n) is 2.18. The predicted molar refractivity (Wildman–Crippen MR) is 42.1 cm³/mol. The largest absolute Gasteiger partial charge is 0.459 e. The standard InChI is InChI=1S/C6H12N.C2H6.Y/c1-7-5-3-2-4-6-7;1-2;/h1-6H2;1-2H3;/q-1;;. The summed E-state index contributed by atoms with van der Waals surface area (Å²) in [6, 6.07) is 0. The first-order valence-corrected chi connectivity index (χ1v) is 3.95. The topological polar surface area (TPSA) is 3.24 Å². The molecule has 10 heavy (non-hydrogen) atoms. The molecule has 1 nitrogen and oxygen atoms in total. The molecule has 0 spiro atoms. The fourth-order valence-corrected chi connectivity index (χ4v) is 0.959. The fourth-order valence-electron chi connectivity index (χ4n) is 0.959. The Balaban J connectivity index is 0. The van der Waals surface area contributed by atoms with E-state index in [9.17, 15) is 0 Å². The van der Waals surface area contributed by atoms with Crippen molar-refractivity contribution in [1.29, 1.82) is 0 Å². The molecule has 0 aromatic rings. The van der Waals surface area contributed by atoms with E-state index in [1.807, 2.05) is 13.8 Å². The first-order chi connectivity index (χ1) is 4.39. The van der Waals surface area contributed by atoms with E-state index in [0.717, 1.165) is 0 Å². The van der Waals surface area contributed by atoms with E-state index in [0.29, 0.717) is 0 Å². The van der Waals surface area contributed by atoms with Crippen LogP contribution in [0, 0.1) is 7.05 Å². The van der Waals surface area contributed by atoms with Gasteiger partial charge in [0.1, 0.15) is 0 Å². The monoisotopic (exact) mass is 217 g/mol. The molecule has 1 radical (unpaired) electrons. The average molecular weight is 217 g/mol. The minimum atomic E-state index is 0. The third-order valence-electron chi connectivity index (χ3n) is 1.45. The van der Waals surface area contributed by atoms with Crippen LogP contribution >= 0.6 is 0 Å². The second-order valence-corrected chi connectivity index (χ2v) is 2.18. The van der Waals surface area contributed by atoms with Gasteiger partial charge < -0.3 is 4.90 Å². The maximum atomic E-state index is 3.83. The van der Waals surface area contributed by atoms with Crippen LogP contribution in [0.4, 0.5) is 0 Å². The number of hydrogen-bond acceptors (Lipinski definition) is 1. The summed E-state index contributed by atoms with van der Waals surface area (Å²) in [6.07, 6.45) is 4.11. The fraction of sp³-hybridized carbons (Fsp3) is 0.875. The van der Waals surface area contributed by atoms with Crippen LogP contribution in [0.15, 0.2) is 0 Å². The van der Waals surface area contributed by atoms with Gasteiger partial charge in [-0.15, -0.1) is 0 Å².